The summed E-state index contributed by atoms with van der Waals surface area (Å²) < 4.78 is 0.387. The molecule has 2 unspecified atom stereocenters. The Morgan fingerprint density at radius 2 is 1.75 bits per heavy atom. The van der Waals surface area contributed by atoms with Crippen molar-refractivity contribution in [1.82, 2.24) is 5.32 Å². The van der Waals surface area contributed by atoms with Crippen LogP contribution in [0.5, 0.6) is 0 Å². The van der Waals surface area contributed by atoms with Gasteiger partial charge in [-0.2, -0.15) is 11.8 Å². The molecule has 0 aliphatic carbocycles. The third-order valence-corrected chi connectivity index (χ3v) is 4.18. The third-order valence-electron chi connectivity index (χ3n) is 2.78. The second-order valence-corrected chi connectivity index (χ2v) is 7.60. The van der Waals surface area contributed by atoms with E-state index in [1.165, 1.54) is 25.0 Å². The first-order valence-corrected chi connectivity index (χ1v) is 7.76. The van der Waals surface area contributed by atoms with E-state index >= 15 is 0 Å². The quantitative estimate of drug-likeness (QED) is 0.683. The molecule has 0 aromatic rings. The largest absolute Gasteiger partial charge is 0.313 e. The van der Waals surface area contributed by atoms with Crippen LogP contribution >= 0.6 is 11.8 Å². The van der Waals surface area contributed by atoms with E-state index in [4.69, 9.17) is 0 Å². The van der Waals surface area contributed by atoms with Gasteiger partial charge in [0.25, 0.3) is 0 Å². The molecule has 0 aromatic carbocycles. The van der Waals surface area contributed by atoms with Crippen molar-refractivity contribution in [2.75, 3.05) is 12.3 Å². The van der Waals surface area contributed by atoms with Gasteiger partial charge in [-0.3, -0.25) is 0 Å². The lowest BCUT2D eigenvalue weighted by Crippen LogP contribution is -2.38. The lowest BCUT2D eigenvalue weighted by molar-refractivity contribution is 0.381. The SMILES string of the molecule is CCCNC(CSC(C)(C)C)C(C)CCC. The van der Waals surface area contributed by atoms with E-state index < -0.39 is 0 Å². The van der Waals surface area contributed by atoms with Crippen molar-refractivity contribution < 1.29 is 0 Å². The molecule has 16 heavy (non-hydrogen) atoms. The van der Waals surface area contributed by atoms with Gasteiger partial charge in [0.05, 0.1) is 0 Å². The minimum atomic E-state index is 0.387. The van der Waals surface area contributed by atoms with E-state index in [1.807, 2.05) is 0 Å². The highest BCUT2D eigenvalue weighted by Gasteiger charge is 2.19. The Labute approximate surface area is 107 Å². The normalized spacial score (nSPS) is 16.1. The maximum absolute atomic E-state index is 3.71. The molecule has 98 valence electrons. The molecule has 0 aliphatic heterocycles. The van der Waals surface area contributed by atoms with Crippen molar-refractivity contribution in [3.8, 4) is 0 Å². The van der Waals surface area contributed by atoms with Crippen LogP contribution in [0, 0.1) is 5.92 Å². The predicted molar refractivity (Wildman–Crippen MR) is 78.4 cm³/mol. The van der Waals surface area contributed by atoms with Gasteiger partial charge >= 0.3 is 0 Å². The first-order chi connectivity index (χ1) is 7.40. The second-order valence-electron chi connectivity index (χ2n) is 5.75. The average molecular weight is 245 g/mol. The first kappa shape index (κ1) is 16.3. The summed E-state index contributed by atoms with van der Waals surface area (Å²) in [4.78, 5) is 0. The smallest absolute Gasteiger partial charge is 0.0184 e. The maximum Gasteiger partial charge on any atom is 0.0184 e. The van der Waals surface area contributed by atoms with Gasteiger partial charge in [0.2, 0.25) is 0 Å². The minimum Gasteiger partial charge on any atom is -0.313 e. The summed E-state index contributed by atoms with van der Waals surface area (Å²) in [6.45, 7) is 15.0. The lowest BCUT2D eigenvalue weighted by atomic mass is 9.98. The zero-order chi connectivity index (χ0) is 12.6. The highest BCUT2D eigenvalue weighted by molar-refractivity contribution is 8.00. The zero-order valence-corrected chi connectivity index (χ0v) is 12.9. The van der Waals surface area contributed by atoms with Crippen molar-refractivity contribution in [1.29, 1.82) is 0 Å². The monoisotopic (exact) mass is 245 g/mol. The van der Waals surface area contributed by atoms with Crippen LogP contribution in [-0.4, -0.2) is 23.1 Å². The van der Waals surface area contributed by atoms with E-state index in [9.17, 15) is 0 Å². The van der Waals surface area contributed by atoms with Crippen LogP contribution in [0.4, 0.5) is 0 Å². The highest BCUT2D eigenvalue weighted by atomic mass is 32.2. The van der Waals surface area contributed by atoms with Gasteiger partial charge in [-0.25, -0.2) is 0 Å². The molecule has 0 rings (SSSR count). The molecule has 0 radical (unpaired) electrons. The van der Waals surface area contributed by atoms with E-state index in [0.717, 1.165) is 12.5 Å². The molecular formula is C14H31NS. The number of hydrogen-bond acceptors (Lipinski definition) is 2. The summed E-state index contributed by atoms with van der Waals surface area (Å²) in [7, 11) is 0. The van der Waals surface area contributed by atoms with Crippen LogP contribution in [-0.2, 0) is 0 Å². The van der Waals surface area contributed by atoms with Crippen LogP contribution in [0.2, 0.25) is 0 Å². The summed E-state index contributed by atoms with van der Waals surface area (Å²) in [6, 6.07) is 0.684. The van der Waals surface area contributed by atoms with Gasteiger partial charge in [-0.1, -0.05) is 48.0 Å². The highest BCUT2D eigenvalue weighted by Crippen LogP contribution is 2.26. The molecule has 0 saturated carbocycles. The van der Waals surface area contributed by atoms with E-state index in [0.29, 0.717) is 10.8 Å². The number of nitrogens with one attached hydrogen (secondary N) is 1. The van der Waals surface area contributed by atoms with Crippen LogP contribution in [0.15, 0.2) is 0 Å². The number of rotatable bonds is 8. The third kappa shape index (κ3) is 8.46. The Morgan fingerprint density at radius 3 is 2.19 bits per heavy atom. The number of thioether (sulfide) groups is 1. The molecular weight excluding hydrogens is 214 g/mol. The molecule has 1 N–H and O–H groups in total. The van der Waals surface area contributed by atoms with Crippen LogP contribution in [0.25, 0.3) is 0 Å². The Balaban J connectivity index is 4.08. The fourth-order valence-electron chi connectivity index (χ4n) is 1.75. The van der Waals surface area contributed by atoms with Gasteiger partial charge in [-0.05, 0) is 25.3 Å². The standard InChI is InChI=1S/C14H31NS/c1-7-9-12(3)13(15-10-8-2)11-16-14(4,5)6/h12-13,15H,7-11H2,1-6H3. The lowest BCUT2D eigenvalue weighted by Gasteiger charge is -2.28. The Bertz CT molecular complexity index is 163. The van der Waals surface area contributed by atoms with Crippen LogP contribution < -0.4 is 5.32 Å². The summed E-state index contributed by atoms with van der Waals surface area (Å²) in [5.74, 6) is 2.04. The Morgan fingerprint density at radius 1 is 1.12 bits per heavy atom. The van der Waals surface area contributed by atoms with Crippen molar-refractivity contribution in [3.05, 3.63) is 0 Å². The fourth-order valence-corrected chi connectivity index (χ4v) is 2.88. The maximum atomic E-state index is 3.71. The second kappa shape index (κ2) is 8.41. The molecule has 0 spiro atoms. The van der Waals surface area contributed by atoms with Crippen molar-refractivity contribution >= 4 is 11.8 Å². The minimum absolute atomic E-state index is 0.387. The van der Waals surface area contributed by atoms with Gasteiger partial charge in [0, 0.05) is 16.5 Å². The molecule has 0 fully saturated rings. The first-order valence-electron chi connectivity index (χ1n) is 6.78. The summed E-state index contributed by atoms with van der Waals surface area (Å²) in [5.41, 5.74) is 0. The Hall–Kier alpha value is 0.310. The van der Waals surface area contributed by atoms with E-state index in [-0.39, 0.29) is 0 Å². The summed E-state index contributed by atoms with van der Waals surface area (Å²) >= 11 is 2.08. The van der Waals surface area contributed by atoms with Crippen molar-refractivity contribution in [2.45, 2.75) is 71.6 Å². The molecule has 2 heteroatoms. The molecule has 0 aromatic heterocycles. The van der Waals surface area contributed by atoms with Gasteiger partial charge < -0.3 is 5.32 Å². The molecule has 0 heterocycles. The van der Waals surface area contributed by atoms with Gasteiger partial charge in [0.15, 0.2) is 0 Å². The topological polar surface area (TPSA) is 12.0 Å². The molecule has 2 atom stereocenters. The van der Waals surface area contributed by atoms with E-state index in [2.05, 4.69) is 58.6 Å². The fraction of sp³-hybridized carbons (Fsp3) is 1.00. The summed E-state index contributed by atoms with van der Waals surface area (Å²) in [5, 5.41) is 3.71. The van der Waals surface area contributed by atoms with Crippen molar-refractivity contribution in [2.24, 2.45) is 5.92 Å². The average Bonchev–Trinajstić information content (AvgIpc) is 2.16. The van der Waals surface area contributed by atoms with Gasteiger partial charge in [0.1, 0.15) is 0 Å². The predicted octanol–water partition coefficient (Wildman–Crippen LogP) is 4.32. The van der Waals surface area contributed by atoms with Gasteiger partial charge in [-0.15, -0.1) is 0 Å². The molecule has 0 aliphatic rings. The summed E-state index contributed by atoms with van der Waals surface area (Å²) in [6.07, 6.45) is 3.87. The molecule has 1 nitrogen and oxygen atoms in total. The molecule has 0 amide bonds. The van der Waals surface area contributed by atoms with E-state index in [1.54, 1.807) is 0 Å². The van der Waals surface area contributed by atoms with Crippen LogP contribution in [0.3, 0.4) is 0 Å². The molecule has 0 bridgehead atoms. The number of hydrogen-bond donors (Lipinski definition) is 1. The molecule has 0 saturated heterocycles. The zero-order valence-electron chi connectivity index (χ0n) is 12.1. The van der Waals surface area contributed by atoms with Crippen molar-refractivity contribution in [3.63, 3.8) is 0 Å². The van der Waals surface area contributed by atoms with Crippen LogP contribution in [0.1, 0.15) is 60.8 Å². The Kier molecular flexibility index (Phi) is 8.57.